The lowest BCUT2D eigenvalue weighted by Crippen LogP contribution is -2.33. The van der Waals surface area contributed by atoms with Gasteiger partial charge in [0.25, 0.3) is 5.56 Å². The maximum absolute atomic E-state index is 14.2. The summed E-state index contributed by atoms with van der Waals surface area (Å²) in [6.07, 6.45) is 0. The minimum Gasteiger partial charge on any atom is -0.461 e. The number of benzene rings is 4. The highest BCUT2D eigenvalue weighted by molar-refractivity contribution is 6.43. The van der Waals surface area contributed by atoms with E-state index in [0.29, 0.717) is 27.8 Å². The maximum Gasteiger partial charge on any atom is 0.357 e. The molecule has 0 aliphatic carbocycles. The number of carbonyl (C=O) groups is 1. The van der Waals surface area contributed by atoms with Gasteiger partial charge in [-0.1, -0.05) is 84.4 Å². The van der Waals surface area contributed by atoms with E-state index in [4.69, 9.17) is 26.7 Å². The third-order valence-electron chi connectivity index (χ3n) is 6.18. The van der Waals surface area contributed by atoms with Crippen molar-refractivity contribution in [3.63, 3.8) is 0 Å². The van der Waals surface area contributed by atoms with E-state index in [1.807, 2.05) is 72.8 Å². The van der Waals surface area contributed by atoms with Crippen molar-refractivity contribution in [3.05, 3.63) is 130 Å². The number of para-hydroxylation sites is 1. The van der Waals surface area contributed by atoms with Gasteiger partial charge in [-0.25, -0.2) is 9.78 Å². The van der Waals surface area contributed by atoms with Crippen LogP contribution in [0.5, 0.6) is 0 Å². The predicted molar refractivity (Wildman–Crippen MR) is 159 cm³/mol. The average Bonchev–Trinajstić information content (AvgIpc) is 2.98. The molecular weight excluding hydrogens is 524 g/mol. The lowest BCUT2D eigenvalue weighted by atomic mass is 10.0. The predicted octanol–water partition coefficient (Wildman–Crippen LogP) is 6.89. The molecule has 198 valence electrons. The molecule has 7 nitrogen and oxygen atoms in total. The molecule has 0 unspecified atom stereocenters. The molecule has 4 aromatic carbocycles. The van der Waals surface area contributed by atoms with Crippen molar-refractivity contribution in [2.45, 2.75) is 6.92 Å². The standard InChI is InChI=1S/C32H25ClN4O3/c1-2-40-32(39)28(34)27-29(35-25-11-7-4-8-12-25)36-30(37(31(27)38)26-19-17-24(33)18-20-26)23-15-13-22(14-16-23)21-9-5-3-6-10-21/h3-20,34-35H,2H2,1H3. The molecule has 0 spiro atoms. The topological polar surface area (TPSA) is 97.1 Å². The molecule has 0 aliphatic rings. The van der Waals surface area contributed by atoms with Crippen molar-refractivity contribution in [3.8, 4) is 28.2 Å². The first-order chi connectivity index (χ1) is 19.5. The Bertz CT molecular complexity index is 1720. The highest BCUT2D eigenvalue weighted by atomic mass is 35.5. The summed E-state index contributed by atoms with van der Waals surface area (Å²) in [6.45, 7) is 1.70. The Hall–Kier alpha value is -5.01. The largest absolute Gasteiger partial charge is 0.461 e. The van der Waals surface area contributed by atoms with Gasteiger partial charge in [-0.05, 0) is 54.4 Å². The molecule has 0 fully saturated rings. The van der Waals surface area contributed by atoms with Crippen molar-refractivity contribution >= 4 is 34.8 Å². The smallest absolute Gasteiger partial charge is 0.357 e. The van der Waals surface area contributed by atoms with Gasteiger partial charge in [0.2, 0.25) is 0 Å². The Labute approximate surface area is 236 Å². The third kappa shape index (κ3) is 5.55. The molecule has 0 bridgehead atoms. The van der Waals surface area contributed by atoms with E-state index >= 15 is 0 Å². The van der Waals surface area contributed by atoms with E-state index in [1.165, 1.54) is 4.57 Å². The molecule has 5 rings (SSSR count). The van der Waals surface area contributed by atoms with Crippen LogP contribution in [0, 0.1) is 5.41 Å². The number of hydrogen-bond acceptors (Lipinski definition) is 6. The Morgan fingerprint density at radius 1 is 0.850 bits per heavy atom. The summed E-state index contributed by atoms with van der Waals surface area (Å²) in [5.74, 6) is -0.521. The van der Waals surface area contributed by atoms with Crippen LogP contribution in [-0.2, 0) is 9.53 Å². The van der Waals surface area contributed by atoms with Crippen LogP contribution in [0.2, 0.25) is 5.02 Å². The number of aromatic nitrogens is 2. The molecule has 40 heavy (non-hydrogen) atoms. The summed E-state index contributed by atoms with van der Waals surface area (Å²) in [6, 6.07) is 33.5. The van der Waals surface area contributed by atoms with Gasteiger partial charge in [0, 0.05) is 16.3 Å². The summed E-state index contributed by atoms with van der Waals surface area (Å²) >= 11 is 6.14. The van der Waals surface area contributed by atoms with E-state index in [0.717, 1.165) is 11.1 Å². The fourth-order valence-electron chi connectivity index (χ4n) is 4.27. The quantitative estimate of drug-likeness (QED) is 0.162. The van der Waals surface area contributed by atoms with Gasteiger partial charge in [-0.3, -0.25) is 14.8 Å². The van der Waals surface area contributed by atoms with Crippen molar-refractivity contribution in [1.82, 2.24) is 9.55 Å². The molecular formula is C32H25ClN4O3. The molecule has 5 aromatic rings. The molecule has 1 aromatic heterocycles. The number of rotatable bonds is 8. The van der Waals surface area contributed by atoms with E-state index < -0.39 is 17.2 Å². The number of carbonyl (C=O) groups excluding carboxylic acids is 1. The fourth-order valence-corrected chi connectivity index (χ4v) is 4.39. The minimum atomic E-state index is -0.917. The van der Waals surface area contributed by atoms with Crippen LogP contribution in [0.25, 0.3) is 28.2 Å². The molecule has 2 N–H and O–H groups in total. The van der Waals surface area contributed by atoms with Crippen LogP contribution in [0.3, 0.4) is 0 Å². The number of hydrogen-bond donors (Lipinski definition) is 2. The van der Waals surface area contributed by atoms with E-state index in [-0.39, 0.29) is 18.0 Å². The summed E-state index contributed by atoms with van der Waals surface area (Å²) in [5, 5.41) is 12.2. The first kappa shape index (κ1) is 26.6. The van der Waals surface area contributed by atoms with E-state index in [9.17, 15) is 9.59 Å². The van der Waals surface area contributed by atoms with Crippen LogP contribution in [0.4, 0.5) is 11.5 Å². The van der Waals surface area contributed by atoms with Crippen LogP contribution in [0.1, 0.15) is 12.5 Å². The molecule has 0 saturated carbocycles. The lowest BCUT2D eigenvalue weighted by Gasteiger charge is -2.19. The first-order valence-electron chi connectivity index (χ1n) is 12.6. The number of ether oxygens (including phenoxy) is 1. The SMILES string of the molecule is CCOC(=O)C(=N)c1c(Nc2ccccc2)nc(-c2ccc(-c3ccccc3)cc2)n(-c2ccc(Cl)cc2)c1=O. The van der Waals surface area contributed by atoms with Crippen molar-refractivity contribution in [1.29, 1.82) is 5.41 Å². The number of nitrogens with one attached hydrogen (secondary N) is 2. The van der Waals surface area contributed by atoms with Crippen LogP contribution in [0.15, 0.2) is 114 Å². The van der Waals surface area contributed by atoms with E-state index in [1.54, 1.807) is 43.3 Å². The van der Waals surface area contributed by atoms with Gasteiger partial charge in [0.15, 0.2) is 5.71 Å². The third-order valence-corrected chi connectivity index (χ3v) is 6.44. The zero-order valence-corrected chi connectivity index (χ0v) is 22.4. The summed E-state index contributed by atoms with van der Waals surface area (Å²) in [7, 11) is 0. The van der Waals surface area contributed by atoms with Crippen molar-refractivity contribution in [2.75, 3.05) is 11.9 Å². The molecule has 0 amide bonds. The first-order valence-corrected chi connectivity index (χ1v) is 13.0. The monoisotopic (exact) mass is 548 g/mol. The molecule has 1 heterocycles. The summed E-state index contributed by atoms with van der Waals surface area (Å²) in [5.41, 5.74) is 2.45. The zero-order chi connectivity index (χ0) is 28.1. The van der Waals surface area contributed by atoms with E-state index in [2.05, 4.69) is 5.32 Å². The van der Waals surface area contributed by atoms with Gasteiger partial charge in [0.05, 0.1) is 12.3 Å². The number of halogens is 1. The minimum absolute atomic E-state index is 0.0628. The van der Waals surface area contributed by atoms with Gasteiger partial charge in [-0.15, -0.1) is 0 Å². The van der Waals surface area contributed by atoms with Crippen LogP contribution in [-0.4, -0.2) is 27.8 Å². The number of anilines is 2. The number of nitrogens with zero attached hydrogens (tertiary/aromatic N) is 2. The summed E-state index contributed by atoms with van der Waals surface area (Å²) < 4.78 is 6.45. The fraction of sp³-hybridized carbons (Fsp3) is 0.0625. The number of esters is 1. The Morgan fingerprint density at radius 2 is 1.43 bits per heavy atom. The zero-order valence-electron chi connectivity index (χ0n) is 21.6. The van der Waals surface area contributed by atoms with Crippen molar-refractivity contribution < 1.29 is 9.53 Å². The highest BCUT2D eigenvalue weighted by Gasteiger charge is 2.26. The average molecular weight is 549 g/mol. The van der Waals surface area contributed by atoms with Gasteiger partial charge < -0.3 is 10.1 Å². The van der Waals surface area contributed by atoms with Crippen LogP contribution >= 0.6 is 11.6 Å². The van der Waals surface area contributed by atoms with Crippen molar-refractivity contribution in [2.24, 2.45) is 0 Å². The molecule has 0 radical (unpaired) electrons. The molecule has 0 atom stereocenters. The second-order valence-electron chi connectivity index (χ2n) is 8.81. The lowest BCUT2D eigenvalue weighted by molar-refractivity contribution is -0.135. The maximum atomic E-state index is 14.2. The second-order valence-corrected chi connectivity index (χ2v) is 9.24. The second kappa shape index (κ2) is 11.8. The molecule has 0 saturated heterocycles. The Kier molecular flexibility index (Phi) is 7.84. The normalized spacial score (nSPS) is 10.7. The van der Waals surface area contributed by atoms with Gasteiger partial charge in [0.1, 0.15) is 17.2 Å². The molecule has 8 heteroatoms. The molecule has 0 aliphatic heterocycles. The summed E-state index contributed by atoms with van der Waals surface area (Å²) in [4.78, 5) is 31.7. The highest BCUT2D eigenvalue weighted by Crippen LogP contribution is 2.28. The Morgan fingerprint density at radius 3 is 2.05 bits per heavy atom. The van der Waals surface area contributed by atoms with Crippen LogP contribution < -0.4 is 10.9 Å². The van der Waals surface area contributed by atoms with Gasteiger partial charge >= 0.3 is 5.97 Å². The van der Waals surface area contributed by atoms with Gasteiger partial charge in [-0.2, -0.15) is 0 Å². The Balaban J connectivity index is 1.75.